The summed E-state index contributed by atoms with van der Waals surface area (Å²) < 4.78 is 60.6. The van der Waals surface area contributed by atoms with Crippen molar-refractivity contribution in [1.29, 1.82) is 0 Å². The summed E-state index contributed by atoms with van der Waals surface area (Å²) in [4.78, 5) is 12.7. The standard InChI is InChI=1S/C33H24F4N2O2/c34-29-16-22(7-14-27(29)23-17-30(35)32(37)31(36)18-23)33(40)41-26-12-1-19(2-13-26)15-28(20-3-8-24(38)9-4-20)21-5-10-25(39)11-6-21/h1-14,16-18,28H,15,38-39H2. The molecule has 0 aromatic heterocycles. The molecule has 0 bridgehead atoms. The average Bonchev–Trinajstić information content (AvgIpc) is 2.96. The van der Waals surface area contributed by atoms with Gasteiger partial charge in [0.25, 0.3) is 0 Å². The Balaban J connectivity index is 1.31. The normalized spacial score (nSPS) is 11.0. The summed E-state index contributed by atoms with van der Waals surface area (Å²) in [5.41, 5.74) is 15.7. The second-order valence-corrected chi connectivity index (χ2v) is 9.57. The molecular formula is C33H24F4N2O2. The van der Waals surface area contributed by atoms with E-state index in [1.54, 1.807) is 12.1 Å². The van der Waals surface area contributed by atoms with E-state index in [1.165, 1.54) is 12.1 Å². The van der Waals surface area contributed by atoms with Crippen molar-refractivity contribution < 1.29 is 27.1 Å². The van der Waals surface area contributed by atoms with Crippen LogP contribution in [0.15, 0.2) is 103 Å². The van der Waals surface area contributed by atoms with E-state index in [1.807, 2.05) is 60.7 Å². The van der Waals surface area contributed by atoms with Crippen molar-refractivity contribution in [3.8, 4) is 16.9 Å². The van der Waals surface area contributed by atoms with Crippen molar-refractivity contribution in [2.45, 2.75) is 12.3 Å². The van der Waals surface area contributed by atoms with Gasteiger partial charge in [-0.15, -0.1) is 0 Å². The lowest BCUT2D eigenvalue weighted by Gasteiger charge is -2.19. The predicted molar refractivity (Wildman–Crippen MR) is 150 cm³/mol. The minimum atomic E-state index is -1.65. The maximum Gasteiger partial charge on any atom is 0.343 e. The van der Waals surface area contributed by atoms with Crippen molar-refractivity contribution in [3.63, 3.8) is 0 Å². The molecule has 0 aliphatic heterocycles. The Hall–Kier alpha value is -5.11. The van der Waals surface area contributed by atoms with Crippen molar-refractivity contribution in [2.24, 2.45) is 0 Å². The Kier molecular flexibility index (Phi) is 7.74. The summed E-state index contributed by atoms with van der Waals surface area (Å²) in [5, 5.41) is 0. The third-order valence-corrected chi connectivity index (χ3v) is 6.75. The summed E-state index contributed by atoms with van der Waals surface area (Å²) in [7, 11) is 0. The Morgan fingerprint density at radius 3 is 1.71 bits per heavy atom. The van der Waals surface area contributed by atoms with Gasteiger partial charge in [0.1, 0.15) is 11.6 Å². The number of benzene rings is 5. The van der Waals surface area contributed by atoms with Crippen LogP contribution in [0.25, 0.3) is 11.1 Å². The van der Waals surface area contributed by atoms with Gasteiger partial charge < -0.3 is 16.2 Å². The van der Waals surface area contributed by atoms with Crippen LogP contribution in [-0.4, -0.2) is 5.97 Å². The molecular weight excluding hydrogens is 532 g/mol. The summed E-state index contributed by atoms with van der Waals surface area (Å²) >= 11 is 0. The number of nitrogen functional groups attached to an aromatic ring is 2. The molecule has 0 heterocycles. The van der Waals surface area contributed by atoms with Gasteiger partial charge in [-0.05, 0) is 89.3 Å². The van der Waals surface area contributed by atoms with E-state index in [-0.39, 0.29) is 28.4 Å². The molecule has 5 aromatic carbocycles. The predicted octanol–water partition coefficient (Wildman–Crippen LogP) is 7.67. The highest BCUT2D eigenvalue weighted by Crippen LogP contribution is 2.31. The van der Waals surface area contributed by atoms with Crippen LogP contribution in [0, 0.1) is 23.3 Å². The van der Waals surface area contributed by atoms with Gasteiger partial charge in [0.15, 0.2) is 17.5 Å². The third kappa shape index (κ3) is 6.22. The monoisotopic (exact) mass is 556 g/mol. The SMILES string of the molecule is Nc1ccc(C(Cc2ccc(OC(=O)c3ccc(-c4cc(F)c(F)c(F)c4)c(F)c3)cc2)c2ccc(N)cc2)cc1. The van der Waals surface area contributed by atoms with E-state index < -0.39 is 29.2 Å². The number of carbonyl (C=O) groups excluding carboxylic acids is 1. The van der Waals surface area contributed by atoms with Crippen LogP contribution in [0.5, 0.6) is 5.75 Å². The summed E-state index contributed by atoms with van der Waals surface area (Å²) in [6, 6.07) is 27.0. The lowest BCUT2D eigenvalue weighted by molar-refractivity contribution is 0.0734. The fourth-order valence-electron chi connectivity index (χ4n) is 4.57. The molecule has 0 fully saturated rings. The zero-order valence-electron chi connectivity index (χ0n) is 21.6. The molecule has 0 unspecified atom stereocenters. The summed E-state index contributed by atoms with van der Waals surface area (Å²) in [6.07, 6.45) is 0.652. The fourth-order valence-corrected chi connectivity index (χ4v) is 4.57. The topological polar surface area (TPSA) is 78.3 Å². The molecule has 4 nitrogen and oxygen atoms in total. The Bertz CT molecular complexity index is 1640. The van der Waals surface area contributed by atoms with Crippen LogP contribution < -0.4 is 16.2 Å². The minimum Gasteiger partial charge on any atom is -0.423 e. The number of esters is 1. The smallest absolute Gasteiger partial charge is 0.343 e. The molecule has 5 rings (SSSR count). The maximum absolute atomic E-state index is 14.7. The molecule has 0 aliphatic carbocycles. The van der Waals surface area contributed by atoms with Crippen LogP contribution in [0.3, 0.4) is 0 Å². The number of nitrogens with two attached hydrogens (primary N) is 2. The first-order chi connectivity index (χ1) is 19.7. The average molecular weight is 557 g/mol. The van der Waals surface area contributed by atoms with Crippen LogP contribution in [0.4, 0.5) is 28.9 Å². The first-order valence-corrected chi connectivity index (χ1v) is 12.6. The summed E-state index contributed by atoms with van der Waals surface area (Å²) in [5.74, 6) is -6.00. The number of rotatable bonds is 7. The number of hydrogen-bond donors (Lipinski definition) is 2. The van der Waals surface area contributed by atoms with Gasteiger partial charge in [0.2, 0.25) is 0 Å². The molecule has 0 saturated carbocycles. The van der Waals surface area contributed by atoms with Crippen LogP contribution in [0.2, 0.25) is 0 Å². The minimum absolute atomic E-state index is 0.0224. The quantitative estimate of drug-likeness (QED) is 0.0709. The highest BCUT2D eigenvalue weighted by atomic mass is 19.2. The molecule has 4 N–H and O–H groups in total. The van der Waals surface area contributed by atoms with Gasteiger partial charge in [-0.3, -0.25) is 0 Å². The first kappa shape index (κ1) is 27.5. The van der Waals surface area contributed by atoms with E-state index in [9.17, 15) is 22.4 Å². The zero-order chi connectivity index (χ0) is 29.1. The summed E-state index contributed by atoms with van der Waals surface area (Å²) in [6.45, 7) is 0. The highest BCUT2D eigenvalue weighted by Gasteiger charge is 2.18. The largest absolute Gasteiger partial charge is 0.423 e. The molecule has 5 aromatic rings. The molecule has 0 radical (unpaired) electrons. The lowest BCUT2D eigenvalue weighted by atomic mass is 9.86. The van der Waals surface area contributed by atoms with Gasteiger partial charge in [-0.1, -0.05) is 42.5 Å². The molecule has 0 spiro atoms. The second-order valence-electron chi connectivity index (χ2n) is 9.57. The van der Waals surface area contributed by atoms with Gasteiger partial charge in [-0.2, -0.15) is 0 Å². The van der Waals surface area contributed by atoms with Gasteiger partial charge in [0.05, 0.1) is 5.56 Å². The maximum atomic E-state index is 14.7. The lowest BCUT2D eigenvalue weighted by Crippen LogP contribution is -2.09. The molecule has 41 heavy (non-hydrogen) atoms. The molecule has 0 atom stereocenters. The third-order valence-electron chi connectivity index (χ3n) is 6.75. The van der Waals surface area contributed by atoms with Crippen molar-refractivity contribution in [3.05, 3.63) is 149 Å². The van der Waals surface area contributed by atoms with E-state index in [0.717, 1.165) is 22.8 Å². The Labute approximate surface area is 233 Å². The van der Waals surface area contributed by atoms with E-state index in [2.05, 4.69) is 0 Å². The Morgan fingerprint density at radius 2 is 1.20 bits per heavy atom. The van der Waals surface area contributed by atoms with E-state index in [4.69, 9.17) is 16.2 Å². The Morgan fingerprint density at radius 1 is 0.659 bits per heavy atom. The van der Waals surface area contributed by atoms with Crippen molar-refractivity contribution in [2.75, 3.05) is 11.5 Å². The molecule has 0 amide bonds. The second kappa shape index (κ2) is 11.6. The molecule has 206 valence electrons. The number of hydrogen-bond acceptors (Lipinski definition) is 4. The van der Waals surface area contributed by atoms with Gasteiger partial charge in [-0.25, -0.2) is 22.4 Å². The molecule has 0 saturated heterocycles. The van der Waals surface area contributed by atoms with Gasteiger partial charge >= 0.3 is 5.97 Å². The molecule has 0 aliphatic rings. The van der Waals surface area contributed by atoms with Crippen LogP contribution >= 0.6 is 0 Å². The number of anilines is 2. The van der Waals surface area contributed by atoms with Crippen molar-refractivity contribution >= 4 is 17.3 Å². The van der Waals surface area contributed by atoms with E-state index in [0.29, 0.717) is 29.9 Å². The number of ether oxygens (including phenoxy) is 1. The van der Waals surface area contributed by atoms with Crippen LogP contribution in [0.1, 0.15) is 33.0 Å². The number of carbonyl (C=O) groups is 1. The molecule has 8 heteroatoms. The van der Waals surface area contributed by atoms with Crippen LogP contribution in [-0.2, 0) is 6.42 Å². The number of halogens is 4. The highest BCUT2D eigenvalue weighted by molar-refractivity contribution is 5.91. The van der Waals surface area contributed by atoms with E-state index >= 15 is 0 Å². The van der Waals surface area contributed by atoms with Crippen molar-refractivity contribution in [1.82, 2.24) is 0 Å². The fraction of sp³-hybridized carbons (Fsp3) is 0.0606. The van der Waals surface area contributed by atoms with Gasteiger partial charge in [0, 0.05) is 22.9 Å². The zero-order valence-corrected chi connectivity index (χ0v) is 21.6. The first-order valence-electron chi connectivity index (χ1n) is 12.6.